The molecule has 0 fully saturated rings. The number of rotatable bonds is 6. The lowest BCUT2D eigenvalue weighted by Crippen LogP contribution is -2.29. The normalized spacial score (nSPS) is 10.9. The highest BCUT2D eigenvalue weighted by Gasteiger charge is 2.19. The summed E-state index contributed by atoms with van der Waals surface area (Å²) in [7, 11) is 0. The fourth-order valence-electron chi connectivity index (χ4n) is 2.83. The maximum absolute atomic E-state index is 14.7. The molecule has 10 heteroatoms. The van der Waals surface area contributed by atoms with Crippen molar-refractivity contribution in [2.24, 2.45) is 5.73 Å². The highest BCUT2D eigenvalue weighted by atomic mass is 19.2. The third-order valence-electron chi connectivity index (χ3n) is 4.28. The van der Waals surface area contributed by atoms with E-state index in [1.807, 2.05) is 0 Å². The first-order valence-corrected chi connectivity index (χ1v) is 8.96. The van der Waals surface area contributed by atoms with Crippen molar-refractivity contribution in [3.63, 3.8) is 0 Å². The first-order chi connectivity index (χ1) is 14.6. The Morgan fingerprint density at radius 2 is 1.97 bits per heavy atom. The first kappa shape index (κ1) is 19.4. The predicted molar refractivity (Wildman–Crippen MR) is 104 cm³/mol. The van der Waals surface area contributed by atoms with Gasteiger partial charge in [0, 0.05) is 43.3 Å². The smallest absolute Gasteiger partial charge is 0.252 e. The maximum atomic E-state index is 14.7. The molecule has 0 saturated heterocycles. The van der Waals surface area contributed by atoms with Crippen molar-refractivity contribution in [2.45, 2.75) is 0 Å². The molecule has 0 unspecified atom stereocenters. The van der Waals surface area contributed by atoms with Gasteiger partial charge in [0.25, 0.3) is 5.91 Å². The van der Waals surface area contributed by atoms with Crippen LogP contribution in [0.5, 0.6) is 11.6 Å². The number of carbonyl (C=O) groups excluding carboxylic acids is 1. The van der Waals surface area contributed by atoms with Crippen molar-refractivity contribution in [2.75, 3.05) is 13.1 Å². The number of halogens is 2. The van der Waals surface area contributed by atoms with Crippen molar-refractivity contribution in [3.8, 4) is 22.9 Å². The topological polar surface area (TPSA) is 107 Å². The van der Waals surface area contributed by atoms with Crippen LogP contribution in [0, 0.1) is 11.6 Å². The van der Waals surface area contributed by atoms with E-state index in [-0.39, 0.29) is 23.1 Å². The van der Waals surface area contributed by atoms with E-state index < -0.39 is 11.6 Å². The van der Waals surface area contributed by atoms with Crippen LogP contribution < -0.4 is 15.8 Å². The van der Waals surface area contributed by atoms with Gasteiger partial charge in [-0.3, -0.25) is 14.2 Å². The Bertz CT molecular complexity index is 1210. The lowest BCUT2D eigenvalue weighted by molar-refractivity contribution is 0.0954. The number of nitrogens with one attached hydrogen (secondary N) is 1. The van der Waals surface area contributed by atoms with Crippen molar-refractivity contribution < 1.29 is 18.3 Å². The Morgan fingerprint density at radius 3 is 2.73 bits per heavy atom. The summed E-state index contributed by atoms with van der Waals surface area (Å²) in [5, 5.41) is 2.60. The van der Waals surface area contributed by atoms with Gasteiger partial charge < -0.3 is 15.8 Å². The molecule has 0 aliphatic heterocycles. The van der Waals surface area contributed by atoms with Crippen molar-refractivity contribution >= 4 is 11.6 Å². The van der Waals surface area contributed by atoms with E-state index in [1.54, 1.807) is 10.6 Å². The second-order valence-corrected chi connectivity index (χ2v) is 6.22. The molecule has 0 bridgehead atoms. The molecule has 0 spiro atoms. The van der Waals surface area contributed by atoms with Gasteiger partial charge in [-0.25, -0.2) is 14.4 Å². The molecule has 0 saturated carbocycles. The lowest BCUT2D eigenvalue weighted by atomic mass is 10.1. The molecule has 30 heavy (non-hydrogen) atoms. The number of benzene rings is 1. The molecule has 8 nitrogen and oxygen atoms in total. The number of hydrogen-bond donors (Lipinski definition) is 2. The first-order valence-electron chi connectivity index (χ1n) is 8.96. The van der Waals surface area contributed by atoms with Crippen molar-refractivity contribution in [1.29, 1.82) is 0 Å². The summed E-state index contributed by atoms with van der Waals surface area (Å²) >= 11 is 0. The molecule has 1 aromatic carbocycles. The summed E-state index contributed by atoms with van der Waals surface area (Å²) in [6.45, 7) is 0.643. The minimum Gasteiger partial charge on any atom is -0.436 e. The quantitative estimate of drug-likeness (QED) is 0.506. The lowest BCUT2D eigenvalue weighted by Gasteiger charge is -2.10. The number of nitrogens with two attached hydrogens (primary N) is 1. The van der Waals surface area contributed by atoms with E-state index in [2.05, 4.69) is 20.3 Å². The van der Waals surface area contributed by atoms with Crippen LogP contribution in [-0.4, -0.2) is 38.3 Å². The van der Waals surface area contributed by atoms with Crippen LogP contribution in [0.1, 0.15) is 10.4 Å². The van der Waals surface area contributed by atoms with E-state index in [0.717, 1.165) is 0 Å². The molecule has 152 valence electrons. The number of amides is 1. The highest BCUT2D eigenvalue weighted by molar-refractivity contribution is 5.93. The third-order valence-corrected chi connectivity index (χ3v) is 4.28. The van der Waals surface area contributed by atoms with Crippen molar-refractivity contribution in [1.82, 2.24) is 24.7 Å². The van der Waals surface area contributed by atoms with Crippen LogP contribution in [0.15, 0.2) is 55.2 Å². The fourth-order valence-corrected chi connectivity index (χ4v) is 2.83. The monoisotopic (exact) mass is 410 g/mol. The Balaban J connectivity index is 1.58. The summed E-state index contributed by atoms with van der Waals surface area (Å²) in [6, 6.07) is 5.55. The summed E-state index contributed by atoms with van der Waals surface area (Å²) in [5.74, 6) is -2.91. The summed E-state index contributed by atoms with van der Waals surface area (Å²) in [6.07, 6.45) is 7.35. The maximum Gasteiger partial charge on any atom is 0.252 e. The van der Waals surface area contributed by atoms with Gasteiger partial charge in [0.1, 0.15) is 0 Å². The zero-order valence-electron chi connectivity index (χ0n) is 15.5. The summed E-state index contributed by atoms with van der Waals surface area (Å²) in [4.78, 5) is 23.9. The number of nitrogens with zero attached hydrogens (tertiary/aromatic N) is 4. The average Bonchev–Trinajstić information content (AvgIpc) is 3.20. The highest BCUT2D eigenvalue weighted by Crippen LogP contribution is 2.32. The Morgan fingerprint density at radius 1 is 1.10 bits per heavy atom. The number of fused-ring (bicyclic) bond motifs is 1. The van der Waals surface area contributed by atoms with Gasteiger partial charge in [-0.1, -0.05) is 0 Å². The number of ether oxygens (including phenoxy) is 1. The van der Waals surface area contributed by atoms with Gasteiger partial charge in [0.15, 0.2) is 17.2 Å². The minimum absolute atomic E-state index is 0.0114. The van der Waals surface area contributed by atoms with Crippen LogP contribution in [0.25, 0.3) is 16.9 Å². The third kappa shape index (κ3) is 3.67. The summed E-state index contributed by atoms with van der Waals surface area (Å²) < 4.78 is 36.3. The van der Waals surface area contributed by atoms with Gasteiger partial charge in [-0.05, 0) is 18.2 Å². The fraction of sp³-hybridized carbons (Fsp3) is 0.100. The standard InChI is InChI=1S/C20H16F2N6O2/c21-18-13(14-10-26-16-11-24-7-8-28(14)16)2-3-15(19(18)22)30-17-4-1-12(9-27-17)20(29)25-6-5-23/h1-4,7-11H,5-6,23H2,(H,25,29). The van der Waals surface area contributed by atoms with Crippen LogP contribution in [-0.2, 0) is 0 Å². The number of hydrogen-bond acceptors (Lipinski definition) is 6. The Labute approximate surface area is 169 Å². The van der Waals surface area contributed by atoms with E-state index in [4.69, 9.17) is 10.5 Å². The molecule has 1 amide bonds. The van der Waals surface area contributed by atoms with Gasteiger partial charge in [0.2, 0.25) is 11.7 Å². The SMILES string of the molecule is NCCNC(=O)c1ccc(Oc2ccc(-c3cnc4cnccn34)c(F)c2F)nc1. The van der Waals surface area contributed by atoms with Gasteiger partial charge >= 0.3 is 0 Å². The van der Waals surface area contributed by atoms with E-state index in [0.29, 0.717) is 30.0 Å². The average molecular weight is 410 g/mol. The predicted octanol–water partition coefficient (Wildman–Crippen LogP) is 2.55. The van der Waals surface area contributed by atoms with Crippen LogP contribution >= 0.6 is 0 Å². The van der Waals surface area contributed by atoms with Gasteiger partial charge in [-0.15, -0.1) is 0 Å². The zero-order valence-corrected chi connectivity index (χ0v) is 15.5. The number of carbonyl (C=O) groups is 1. The second kappa shape index (κ2) is 8.21. The van der Waals surface area contributed by atoms with E-state index in [9.17, 15) is 13.6 Å². The molecular formula is C20H16F2N6O2. The zero-order chi connectivity index (χ0) is 21.1. The van der Waals surface area contributed by atoms with E-state index >= 15 is 0 Å². The molecule has 0 atom stereocenters. The minimum atomic E-state index is -1.16. The molecule has 4 aromatic rings. The Kier molecular flexibility index (Phi) is 5.31. The Hall–Kier alpha value is -3.92. The van der Waals surface area contributed by atoms with Gasteiger partial charge in [0.05, 0.1) is 23.7 Å². The molecule has 4 rings (SSSR count). The molecule has 0 aliphatic carbocycles. The molecule has 0 radical (unpaired) electrons. The molecule has 3 aromatic heterocycles. The molecule has 0 aliphatic rings. The van der Waals surface area contributed by atoms with Crippen LogP contribution in [0.4, 0.5) is 8.78 Å². The molecule has 3 heterocycles. The second-order valence-electron chi connectivity index (χ2n) is 6.22. The number of aromatic nitrogens is 4. The van der Waals surface area contributed by atoms with Crippen LogP contribution in [0.2, 0.25) is 0 Å². The van der Waals surface area contributed by atoms with Crippen molar-refractivity contribution in [3.05, 3.63) is 72.4 Å². The molecule has 3 N–H and O–H groups in total. The number of imidazole rings is 1. The number of pyridine rings is 1. The van der Waals surface area contributed by atoms with Gasteiger partial charge in [-0.2, -0.15) is 4.39 Å². The largest absolute Gasteiger partial charge is 0.436 e. The molecular weight excluding hydrogens is 394 g/mol. The summed E-state index contributed by atoms with van der Waals surface area (Å²) in [5.41, 5.74) is 6.54. The van der Waals surface area contributed by atoms with E-state index in [1.165, 1.54) is 49.1 Å². The van der Waals surface area contributed by atoms with Crippen LogP contribution in [0.3, 0.4) is 0 Å².